The van der Waals surface area contributed by atoms with E-state index in [1.807, 2.05) is 6.07 Å². The van der Waals surface area contributed by atoms with Crippen LogP contribution < -0.4 is 5.73 Å². The second kappa shape index (κ2) is 5.42. The molecule has 6 nitrogen and oxygen atoms in total. The Morgan fingerprint density at radius 3 is 2.91 bits per heavy atom. The monoisotopic (exact) mass is 310 g/mol. The van der Waals surface area contributed by atoms with Crippen LogP contribution in [0.1, 0.15) is 16.1 Å². The average molecular weight is 310 g/mol. The van der Waals surface area contributed by atoms with Crippen LogP contribution in [0.15, 0.2) is 36.7 Å². The maximum Gasteiger partial charge on any atom is 0.357 e. The lowest BCUT2D eigenvalue weighted by atomic mass is 10.2. The lowest BCUT2D eigenvalue weighted by Gasteiger charge is -2.09. The Kier molecular flexibility index (Phi) is 3.43. The summed E-state index contributed by atoms with van der Waals surface area (Å²) in [6.45, 7) is 0. The van der Waals surface area contributed by atoms with Crippen molar-refractivity contribution in [2.75, 3.05) is 12.8 Å². The molecule has 7 heteroatoms. The van der Waals surface area contributed by atoms with E-state index in [0.717, 1.165) is 6.20 Å². The fourth-order valence-electron chi connectivity index (χ4n) is 2.36. The van der Waals surface area contributed by atoms with Gasteiger partial charge in [-0.05, 0) is 24.3 Å². The van der Waals surface area contributed by atoms with E-state index in [2.05, 4.69) is 4.98 Å². The number of aromatic nitrogens is 2. The molecule has 3 aromatic rings. The Balaban J connectivity index is 2.26. The van der Waals surface area contributed by atoms with E-state index in [1.165, 1.54) is 23.9 Å². The predicted molar refractivity (Wildman–Crippen MR) is 81.5 cm³/mol. The zero-order chi connectivity index (χ0) is 16.6. The molecule has 0 aliphatic carbocycles. The largest absolute Gasteiger partial charge is 0.464 e. The van der Waals surface area contributed by atoms with Crippen molar-refractivity contribution in [2.24, 2.45) is 0 Å². The molecule has 0 amide bonds. The zero-order valence-electron chi connectivity index (χ0n) is 12.1. The zero-order valence-corrected chi connectivity index (χ0v) is 12.1. The van der Waals surface area contributed by atoms with Gasteiger partial charge in [0.05, 0.1) is 30.1 Å². The van der Waals surface area contributed by atoms with Crippen molar-refractivity contribution < 1.29 is 13.9 Å². The first kappa shape index (κ1) is 14.5. The number of anilines is 1. The number of pyridine rings is 1. The number of hydrogen-bond donors (Lipinski definition) is 1. The molecule has 0 aliphatic heterocycles. The van der Waals surface area contributed by atoms with Crippen molar-refractivity contribution in [1.29, 1.82) is 5.26 Å². The summed E-state index contributed by atoms with van der Waals surface area (Å²) in [4.78, 5) is 15.9. The van der Waals surface area contributed by atoms with Gasteiger partial charge in [0.1, 0.15) is 11.9 Å². The molecule has 0 spiro atoms. The molecule has 23 heavy (non-hydrogen) atoms. The summed E-state index contributed by atoms with van der Waals surface area (Å²) in [5, 5.41) is 9.67. The Hall–Kier alpha value is -3.40. The second-order valence-electron chi connectivity index (χ2n) is 4.81. The van der Waals surface area contributed by atoms with Crippen LogP contribution in [0.25, 0.3) is 16.6 Å². The van der Waals surface area contributed by atoms with Crippen molar-refractivity contribution in [3.05, 3.63) is 53.7 Å². The molecule has 0 saturated carbocycles. The highest BCUT2D eigenvalue weighted by Gasteiger charge is 2.21. The molecular weight excluding hydrogens is 299 g/mol. The maximum atomic E-state index is 13.3. The average Bonchev–Trinajstić information content (AvgIpc) is 2.90. The molecule has 3 rings (SSSR count). The van der Waals surface area contributed by atoms with Gasteiger partial charge in [0.2, 0.25) is 0 Å². The third-order valence-corrected chi connectivity index (χ3v) is 3.45. The number of ether oxygens (including phenoxy) is 1. The first-order valence-corrected chi connectivity index (χ1v) is 6.60. The molecule has 0 fully saturated rings. The number of carbonyl (C=O) groups is 1. The lowest BCUT2D eigenvalue weighted by Crippen LogP contribution is -2.11. The number of carbonyl (C=O) groups excluding carboxylic acids is 1. The van der Waals surface area contributed by atoms with Gasteiger partial charge in [-0.15, -0.1) is 0 Å². The molecular formula is C16H11FN4O2. The summed E-state index contributed by atoms with van der Waals surface area (Å²) in [7, 11) is 1.23. The molecule has 0 unspecified atom stereocenters. The van der Waals surface area contributed by atoms with Crippen LogP contribution in [0, 0.1) is 17.1 Å². The van der Waals surface area contributed by atoms with E-state index in [1.54, 1.807) is 18.2 Å². The van der Waals surface area contributed by atoms with Crippen LogP contribution in [0.2, 0.25) is 0 Å². The van der Waals surface area contributed by atoms with Crippen molar-refractivity contribution >= 4 is 22.6 Å². The minimum absolute atomic E-state index is 0.0387. The van der Waals surface area contributed by atoms with Crippen molar-refractivity contribution in [3.63, 3.8) is 0 Å². The third-order valence-electron chi connectivity index (χ3n) is 3.45. The number of rotatable bonds is 2. The molecule has 114 valence electrons. The number of nitrogens with zero attached hydrogens (tertiary/aromatic N) is 3. The van der Waals surface area contributed by atoms with E-state index in [9.17, 15) is 9.18 Å². The SMILES string of the molecule is COC(=O)c1c(N)c(C#N)cn1-c1ccc2ncc(F)cc2c1. The standard InChI is InChI=1S/C16H11FN4O2/c1-23-16(22)15-14(19)10(6-18)8-21(15)12-2-3-13-9(5-12)4-11(17)7-20-13/h2-5,7-8H,19H2,1H3. The van der Waals surface area contributed by atoms with Crippen LogP contribution in [0.3, 0.4) is 0 Å². The highest BCUT2D eigenvalue weighted by atomic mass is 19.1. The van der Waals surface area contributed by atoms with E-state index in [0.29, 0.717) is 16.6 Å². The van der Waals surface area contributed by atoms with E-state index in [4.69, 9.17) is 15.7 Å². The van der Waals surface area contributed by atoms with Crippen LogP contribution in [-0.4, -0.2) is 22.6 Å². The number of nitrogens with two attached hydrogens (primary N) is 1. The minimum atomic E-state index is -0.665. The minimum Gasteiger partial charge on any atom is -0.464 e. The molecule has 0 aliphatic rings. The topological polar surface area (TPSA) is 93.9 Å². The van der Waals surface area contributed by atoms with Crippen molar-refractivity contribution in [2.45, 2.75) is 0 Å². The first-order valence-electron chi connectivity index (χ1n) is 6.60. The molecule has 0 bridgehead atoms. The highest BCUT2D eigenvalue weighted by Crippen LogP contribution is 2.26. The Bertz CT molecular complexity index is 972. The smallest absolute Gasteiger partial charge is 0.357 e. The number of esters is 1. The van der Waals surface area contributed by atoms with Crippen LogP contribution in [-0.2, 0) is 4.74 Å². The molecule has 1 aromatic carbocycles. The molecule has 0 saturated heterocycles. The maximum absolute atomic E-state index is 13.3. The van der Waals surface area contributed by atoms with Gasteiger partial charge in [-0.25, -0.2) is 9.18 Å². The van der Waals surface area contributed by atoms with Crippen molar-refractivity contribution in [1.82, 2.24) is 9.55 Å². The van der Waals surface area contributed by atoms with Gasteiger partial charge >= 0.3 is 5.97 Å². The molecule has 0 radical (unpaired) electrons. The van der Waals surface area contributed by atoms with E-state index in [-0.39, 0.29) is 16.9 Å². The van der Waals surface area contributed by atoms with Gasteiger partial charge in [0, 0.05) is 17.3 Å². The Morgan fingerprint density at radius 2 is 2.22 bits per heavy atom. The second-order valence-corrected chi connectivity index (χ2v) is 4.81. The van der Waals surface area contributed by atoms with Gasteiger partial charge in [-0.1, -0.05) is 0 Å². The number of hydrogen-bond acceptors (Lipinski definition) is 5. The van der Waals surface area contributed by atoms with Crippen LogP contribution in [0.5, 0.6) is 0 Å². The highest BCUT2D eigenvalue weighted by molar-refractivity contribution is 5.96. The normalized spacial score (nSPS) is 10.5. The molecule has 0 atom stereocenters. The number of fused-ring (bicyclic) bond motifs is 1. The number of nitrogen functional groups attached to an aromatic ring is 1. The molecule has 2 aromatic heterocycles. The van der Waals surface area contributed by atoms with E-state index >= 15 is 0 Å². The summed E-state index contributed by atoms with van der Waals surface area (Å²) in [6.07, 6.45) is 2.57. The summed E-state index contributed by atoms with van der Waals surface area (Å²) < 4.78 is 19.5. The lowest BCUT2D eigenvalue weighted by molar-refractivity contribution is 0.0593. The number of benzene rings is 1. The van der Waals surface area contributed by atoms with Gasteiger partial charge in [0.15, 0.2) is 5.69 Å². The van der Waals surface area contributed by atoms with Gasteiger partial charge < -0.3 is 15.0 Å². The summed E-state index contributed by atoms with van der Waals surface area (Å²) in [6, 6.07) is 8.29. The Morgan fingerprint density at radius 1 is 1.43 bits per heavy atom. The molecule has 2 N–H and O–H groups in total. The van der Waals surface area contributed by atoms with Gasteiger partial charge in [0.25, 0.3) is 0 Å². The number of methoxy groups -OCH3 is 1. The van der Waals surface area contributed by atoms with E-state index < -0.39 is 11.8 Å². The van der Waals surface area contributed by atoms with Gasteiger partial charge in [-0.2, -0.15) is 5.26 Å². The predicted octanol–water partition coefficient (Wildman–Crippen LogP) is 2.41. The summed E-state index contributed by atoms with van der Waals surface area (Å²) >= 11 is 0. The summed E-state index contributed by atoms with van der Waals surface area (Å²) in [5.74, 6) is -1.13. The Labute approximate surface area is 130 Å². The molecule has 2 heterocycles. The first-order chi connectivity index (χ1) is 11.0. The fourth-order valence-corrected chi connectivity index (χ4v) is 2.36. The quantitative estimate of drug-likeness (QED) is 0.733. The fraction of sp³-hybridized carbons (Fsp3) is 0.0625. The number of nitriles is 1. The van der Waals surface area contributed by atoms with Crippen molar-refractivity contribution in [3.8, 4) is 11.8 Å². The van der Waals surface area contributed by atoms with Crippen LogP contribution in [0.4, 0.5) is 10.1 Å². The summed E-state index contributed by atoms with van der Waals surface area (Å²) in [5.41, 5.74) is 7.24. The number of halogens is 1. The van der Waals surface area contributed by atoms with Crippen LogP contribution >= 0.6 is 0 Å². The third kappa shape index (κ3) is 2.36. The van der Waals surface area contributed by atoms with Gasteiger partial charge in [-0.3, -0.25) is 4.98 Å².